The number of likely N-dealkylation sites (N-methyl/N-ethyl adjacent to an activating group) is 1. The van der Waals surface area contributed by atoms with Gasteiger partial charge in [0.1, 0.15) is 0 Å². The van der Waals surface area contributed by atoms with E-state index in [1.54, 1.807) is 6.07 Å². The molecule has 0 fully saturated rings. The lowest BCUT2D eigenvalue weighted by molar-refractivity contribution is 0.0450. The zero-order chi connectivity index (χ0) is 11.3. The number of thiophene rings is 1. The van der Waals surface area contributed by atoms with Crippen LogP contribution in [0.3, 0.4) is 0 Å². The molecule has 0 amide bonds. The van der Waals surface area contributed by atoms with Crippen molar-refractivity contribution in [3.8, 4) is 0 Å². The Hall–Kier alpha value is -0.450. The van der Waals surface area contributed by atoms with E-state index in [2.05, 4.69) is 5.32 Å². The fraction of sp³-hybridized carbons (Fsp3) is 0.636. The van der Waals surface area contributed by atoms with Crippen molar-refractivity contribution in [1.82, 2.24) is 5.32 Å². The van der Waals surface area contributed by atoms with Gasteiger partial charge in [0.25, 0.3) is 0 Å². The van der Waals surface area contributed by atoms with Gasteiger partial charge in [-0.25, -0.2) is 0 Å². The molecule has 86 valence electrons. The fourth-order valence-electron chi connectivity index (χ4n) is 1.61. The van der Waals surface area contributed by atoms with E-state index in [0.29, 0.717) is 6.61 Å². The number of hydrogen-bond donors (Lipinski definition) is 1. The summed E-state index contributed by atoms with van der Waals surface area (Å²) in [4.78, 5) is 1.14. The molecule has 0 saturated carbocycles. The van der Waals surface area contributed by atoms with Gasteiger partial charge in [-0.05, 0) is 18.7 Å². The summed E-state index contributed by atoms with van der Waals surface area (Å²) in [7, 11) is 1.88. The van der Waals surface area contributed by atoms with E-state index < -0.39 is 0 Å². The second-order valence-electron chi connectivity index (χ2n) is 3.10. The molecule has 2 heterocycles. The number of halogens is 1. The van der Waals surface area contributed by atoms with Crippen molar-refractivity contribution in [3.05, 3.63) is 21.6 Å². The van der Waals surface area contributed by atoms with Gasteiger partial charge in [-0.15, -0.1) is 11.3 Å². The molecule has 0 aliphatic carbocycles. The largest absolute Gasteiger partial charge is 0.372 e. The van der Waals surface area contributed by atoms with Crippen LogP contribution in [0.5, 0.6) is 0 Å². The number of nitrogens with one attached hydrogen (secondary N) is 1. The van der Waals surface area contributed by atoms with Crippen LogP contribution in [-0.2, 0) is 11.2 Å². The van der Waals surface area contributed by atoms with Crippen LogP contribution in [0.15, 0.2) is 6.07 Å². The van der Waals surface area contributed by atoms with E-state index in [-0.39, 0.29) is 11.2 Å². The molecule has 1 atom stereocenters. The first-order valence-electron chi connectivity index (χ1n) is 5.35. The summed E-state index contributed by atoms with van der Waals surface area (Å²) in [5, 5.41) is 2.94. The van der Waals surface area contributed by atoms with Gasteiger partial charge in [0.05, 0.1) is 12.7 Å². The van der Waals surface area contributed by atoms with Gasteiger partial charge >= 0.3 is 0 Å². The van der Waals surface area contributed by atoms with E-state index in [1.807, 2.05) is 20.9 Å². The first kappa shape index (κ1) is 12.6. The average Bonchev–Trinajstić information content (AvgIpc) is 2.63. The molecule has 0 spiro atoms. The van der Waals surface area contributed by atoms with Crippen LogP contribution >= 0.6 is 11.3 Å². The van der Waals surface area contributed by atoms with E-state index in [1.165, 1.54) is 11.3 Å². The Morgan fingerprint density at radius 3 is 3.00 bits per heavy atom. The number of ether oxygens (including phenoxy) is 1. The van der Waals surface area contributed by atoms with E-state index in [0.717, 1.165) is 23.4 Å². The van der Waals surface area contributed by atoms with Gasteiger partial charge in [0, 0.05) is 17.8 Å². The van der Waals surface area contributed by atoms with Gasteiger partial charge in [0.2, 0.25) is 0 Å². The standard InChI is InChI=1S/C9H12FNOS.C2H6/c1-11-5-7-6-4-9(10)13-8(6)2-3-12-7;1-2/h4,7,11H,2-3,5H2,1H3;1-2H3. The van der Waals surface area contributed by atoms with Crippen molar-refractivity contribution in [2.45, 2.75) is 26.4 Å². The SMILES string of the molecule is CC.CNCC1OCCc2sc(F)cc21. The molecular formula is C11H18FNOS. The zero-order valence-electron chi connectivity index (χ0n) is 9.47. The number of rotatable bonds is 2. The van der Waals surface area contributed by atoms with Crippen LogP contribution in [-0.4, -0.2) is 20.2 Å². The Balaban J connectivity index is 0.000000531. The minimum absolute atomic E-state index is 0.0366. The van der Waals surface area contributed by atoms with E-state index >= 15 is 0 Å². The molecule has 0 radical (unpaired) electrons. The molecule has 1 aliphatic rings. The van der Waals surface area contributed by atoms with Crippen LogP contribution in [0.4, 0.5) is 4.39 Å². The third-order valence-electron chi connectivity index (χ3n) is 2.20. The summed E-state index contributed by atoms with van der Waals surface area (Å²) < 4.78 is 18.5. The van der Waals surface area contributed by atoms with Gasteiger partial charge in [-0.1, -0.05) is 13.8 Å². The minimum Gasteiger partial charge on any atom is -0.372 e. The Kier molecular flexibility index (Phi) is 5.22. The molecule has 2 nitrogen and oxygen atoms in total. The molecule has 0 bridgehead atoms. The lowest BCUT2D eigenvalue weighted by Crippen LogP contribution is -2.24. The quantitative estimate of drug-likeness (QED) is 0.845. The summed E-state index contributed by atoms with van der Waals surface area (Å²) >= 11 is 1.25. The zero-order valence-corrected chi connectivity index (χ0v) is 10.3. The highest BCUT2D eigenvalue weighted by molar-refractivity contribution is 7.10. The highest BCUT2D eigenvalue weighted by atomic mass is 32.1. The first-order valence-corrected chi connectivity index (χ1v) is 6.17. The second-order valence-corrected chi connectivity index (χ2v) is 4.18. The maximum absolute atomic E-state index is 12.9. The molecule has 4 heteroatoms. The lowest BCUT2D eigenvalue weighted by atomic mass is 10.1. The molecule has 0 aromatic carbocycles. The Labute approximate surface area is 94.5 Å². The summed E-state index contributed by atoms with van der Waals surface area (Å²) in [6, 6.07) is 1.60. The Morgan fingerprint density at radius 2 is 2.33 bits per heavy atom. The molecular weight excluding hydrogens is 213 g/mol. The summed E-state index contributed by atoms with van der Waals surface area (Å²) in [5.41, 5.74) is 1.03. The smallest absolute Gasteiger partial charge is 0.177 e. The molecule has 1 aromatic rings. The normalized spacial score (nSPS) is 19.1. The van der Waals surface area contributed by atoms with Gasteiger partial charge in [0.15, 0.2) is 5.13 Å². The van der Waals surface area contributed by atoms with Crippen LogP contribution < -0.4 is 5.32 Å². The lowest BCUT2D eigenvalue weighted by Gasteiger charge is -2.22. The predicted molar refractivity (Wildman–Crippen MR) is 61.9 cm³/mol. The maximum Gasteiger partial charge on any atom is 0.177 e. The predicted octanol–water partition coefficient (Wildman–Crippen LogP) is 2.75. The van der Waals surface area contributed by atoms with Crippen molar-refractivity contribution < 1.29 is 9.13 Å². The third kappa shape index (κ3) is 3.00. The fourth-order valence-corrected chi connectivity index (χ4v) is 2.53. The van der Waals surface area contributed by atoms with Gasteiger partial charge < -0.3 is 10.1 Å². The van der Waals surface area contributed by atoms with Gasteiger partial charge in [-0.2, -0.15) is 4.39 Å². The topological polar surface area (TPSA) is 21.3 Å². The van der Waals surface area contributed by atoms with Crippen molar-refractivity contribution in [2.75, 3.05) is 20.2 Å². The number of hydrogen-bond acceptors (Lipinski definition) is 3. The van der Waals surface area contributed by atoms with Crippen LogP contribution in [0.25, 0.3) is 0 Å². The number of fused-ring (bicyclic) bond motifs is 1. The summed E-state index contributed by atoms with van der Waals surface area (Å²) in [6.07, 6.45) is 0.888. The average molecular weight is 231 g/mol. The summed E-state index contributed by atoms with van der Waals surface area (Å²) in [6.45, 7) is 5.46. The second kappa shape index (κ2) is 6.20. The van der Waals surface area contributed by atoms with Crippen molar-refractivity contribution in [2.24, 2.45) is 0 Å². The first-order chi connectivity index (χ1) is 7.31. The molecule has 1 unspecified atom stereocenters. The molecule has 1 N–H and O–H groups in total. The van der Waals surface area contributed by atoms with Crippen LogP contribution in [0, 0.1) is 5.13 Å². The summed E-state index contributed by atoms with van der Waals surface area (Å²) in [5.74, 6) is 0. The van der Waals surface area contributed by atoms with E-state index in [9.17, 15) is 4.39 Å². The molecule has 0 saturated heterocycles. The van der Waals surface area contributed by atoms with Crippen LogP contribution in [0.2, 0.25) is 0 Å². The van der Waals surface area contributed by atoms with E-state index in [4.69, 9.17) is 4.74 Å². The van der Waals surface area contributed by atoms with Gasteiger partial charge in [-0.3, -0.25) is 0 Å². The highest BCUT2D eigenvalue weighted by Crippen LogP contribution is 2.32. The highest BCUT2D eigenvalue weighted by Gasteiger charge is 2.22. The third-order valence-corrected chi connectivity index (χ3v) is 3.20. The molecule has 1 aliphatic heterocycles. The van der Waals surface area contributed by atoms with Crippen molar-refractivity contribution >= 4 is 11.3 Å². The molecule has 15 heavy (non-hydrogen) atoms. The van der Waals surface area contributed by atoms with Crippen molar-refractivity contribution in [3.63, 3.8) is 0 Å². The van der Waals surface area contributed by atoms with Crippen molar-refractivity contribution in [1.29, 1.82) is 0 Å². The monoisotopic (exact) mass is 231 g/mol. The molecule has 2 rings (SSSR count). The maximum atomic E-state index is 12.9. The molecule has 1 aromatic heterocycles. The minimum atomic E-state index is -0.100. The van der Waals surface area contributed by atoms with Crippen LogP contribution in [0.1, 0.15) is 30.4 Å². The Morgan fingerprint density at radius 1 is 1.60 bits per heavy atom. The Bertz CT molecular complexity index is 301.